The standard InChI is InChI=1S/C34H29F13O5S/c1-2-3-4-5-19-50-23-12-14-25(15-13-23)52-27(48)21-6-10-24(11-7-21)51-28(49)22-8-16-26(17-9-22)53-20-18-29(35,36)30(37,38)31(39,40)32(41,42)33(43,44)34(45,46)47/h6-17H,2-5,18-20H2,1H3. The van der Waals surface area contributed by atoms with Crippen LogP contribution in [0, 0.1) is 0 Å². The predicted molar refractivity (Wildman–Crippen MR) is 165 cm³/mol. The fourth-order valence-corrected chi connectivity index (χ4v) is 5.18. The van der Waals surface area contributed by atoms with E-state index in [1.54, 1.807) is 24.3 Å². The van der Waals surface area contributed by atoms with Crippen molar-refractivity contribution in [2.75, 3.05) is 12.4 Å². The number of esters is 2. The van der Waals surface area contributed by atoms with Crippen LogP contribution in [0.2, 0.25) is 0 Å². The molecule has 3 rings (SSSR count). The van der Waals surface area contributed by atoms with Gasteiger partial charge < -0.3 is 14.2 Å². The summed E-state index contributed by atoms with van der Waals surface area (Å²) in [6.45, 7) is 2.65. The van der Waals surface area contributed by atoms with Crippen LogP contribution in [0.5, 0.6) is 17.2 Å². The molecule has 0 saturated heterocycles. The van der Waals surface area contributed by atoms with Crippen molar-refractivity contribution in [3.05, 3.63) is 83.9 Å². The lowest BCUT2D eigenvalue weighted by Crippen LogP contribution is -2.70. The van der Waals surface area contributed by atoms with E-state index in [0.717, 1.165) is 49.9 Å². The van der Waals surface area contributed by atoms with Crippen LogP contribution in [-0.4, -0.2) is 60.1 Å². The van der Waals surface area contributed by atoms with Crippen molar-refractivity contribution in [3.8, 4) is 17.2 Å². The maximum atomic E-state index is 14.0. The van der Waals surface area contributed by atoms with Crippen LogP contribution in [-0.2, 0) is 0 Å². The largest absolute Gasteiger partial charge is 0.494 e. The highest BCUT2D eigenvalue weighted by Crippen LogP contribution is 2.60. The van der Waals surface area contributed by atoms with Gasteiger partial charge in [0.25, 0.3) is 0 Å². The number of carbonyl (C=O) groups excluding carboxylic acids is 2. The smallest absolute Gasteiger partial charge is 0.460 e. The Kier molecular flexibility index (Phi) is 13.8. The number of halogens is 13. The van der Waals surface area contributed by atoms with E-state index >= 15 is 0 Å². The fourth-order valence-electron chi connectivity index (χ4n) is 4.26. The van der Waals surface area contributed by atoms with Gasteiger partial charge in [-0.05, 0) is 79.2 Å². The molecule has 3 aromatic rings. The second kappa shape index (κ2) is 16.9. The van der Waals surface area contributed by atoms with Crippen molar-refractivity contribution in [2.24, 2.45) is 0 Å². The SMILES string of the molecule is CCCCCCOc1ccc(OC(=O)c2ccc(OC(=O)c3ccc(SCCC(F)(F)C(F)(F)C(F)(F)C(F)(F)C(F)(F)C(F)(F)F)cc3)cc2)cc1. The summed E-state index contributed by atoms with van der Waals surface area (Å²) in [5.41, 5.74) is -0.0435. The average Bonchev–Trinajstić information content (AvgIpc) is 3.08. The van der Waals surface area contributed by atoms with Gasteiger partial charge in [-0.3, -0.25) is 0 Å². The van der Waals surface area contributed by atoms with Crippen molar-refractivity contribution >= 4 is 23.7 Å². The molecule has 0 spiro atoms. The van der Waals surface area contributed by atoms with Gasteiger partial charge in [0.05, 0.1) is 17.7 Å². The molecule has 0 bridgehead atoms. The Morgan fingerprint density at radius 1 is 0.547 bits per heavy atom. The minimum atomic E-state index is -7.95. The summed E-state index contributed by atoms with van der Waals surface area (Å²) in [6, 6.07) is 15.8. The van der Waals surface area contributed by atoms with Gasteiger partial charge in [-0.1, -0.05) is 26.2 Å². The van der Waals surface area contributed by atoms with E-state index < -0.39 is 59.9 Å². The molecule has 0 aromatic heterocycles. The number of hydrogen-bond acceptors (Lipinski definition) is 6. The molecule has 0 radical (unpaired) electrons. The van der Waals surface area contributed by atoms with Gasteiger partial charge in [0.1, 0.15) is 17.2 Å². The predicted octanol–water partition coefficient (Wildman–Crippen LogP) is 11.3. The first-order chi connectivity index (χ1) is 24.5. The van der Waals surface area contributed by atoms with Crippen LogP contribution < -0.4 is 14.2 Å². The zero-order valence-corrected chi connectivity index (χ0v) is 28.1. The third kappa shape index (κ3) is 9.89. The zero-order valence-electron chi connectivity index (χ0n) is 27.2. The van der Waals surface area contributed by atoms with Gasteiger partial charge >= 0.3 is 47.7 Å². The molecule has 0 heterocycles. The molecule has 0 amide bonds. The van der Waals surface area contributed by atoms with E-state index in [-0.39, 0.29) is 39.3 Å². The number of hydrogen-bond donors (Lipinski definition) is 0. The van der Waals surface area contributed by atoms with Gasteiger partial charge in [0.15, 0.2) is 0 Å². The van der Waals surface area contributed by atoms with E-state index in [1.807, 2.05) is 0 Å². The highest BCUT2D eigenvalue weighted by atomic mass is 32.2. The summed E-state index contributed by atoms with van der Waals surface area (Å²) >= 11 is 0.250. The molecule has 0 aliphatic carbocycles. The molecule has 0 atom stereocenters. The summed E-state index contributed by atoms with van der Waals surface area (Å²) in [5.74, 6) is -39.2. The van der Waals surface area contributed by atoms with Crippen molar-refractivity contribution in [1.82, 2.24) is 0 Å². The third-order valence-corrected chi connectivity index (χ3v) is 8.39. The second-order valence-electron chi connectivity index (χ2n) is 11.3. The fraction of sp³-hybridized carbons (Fsp3) is 0.412. The van der Waals surface area contributed by atoms with Crippen LogP contribution >= 0.6 is 11.8 Å². The first-order valence-electron chi connectivity index (χ1n) is 15.4. The second-order valence-corrected chi connectivity index (χ2v) is 12.5. The van der Waals surface area contributed by atoms with E-state index in [9.17, 15) is 66.7 Å². The summed E-state index contributed by atoms with van der Waals surface area (Å²) in [7, 11) is 0. The maximum absolute atomic E-state index is 14.0. The van der Waals surface area contributed by atoms with Crippen LogP contribution in [0.3, 0.4) is 0 Å². The van der Waals surface area contributed by atoms with Gasteiger partial charge in [-0.2, -0.15) is 57.1 Å². The van der Waals surface area contributed by atoms with E-state index in [4.69, 9.17) is 14.2 Å². The number of thioether (sulfide) groups is 1. The number of ether oxygens (including phenoxy) is 3. The number of unbranched alkanes of at least 4 members (excludes halogenated alkanes) is 3. The molecule has 0 aliphatic heterocycles. The van der Waals surface area contributed by atoms with Crippen LogP contribution in [0.15, 0.2) is 77.7 Å². The quantitative estimate of drug-likeness (QED) is 0.0420. The Morgan fingerprint density at radius 3 is 1.45 bits per heavy atom. The van der Waals surface area contributed by atoms with Gasteiger partial charge in [0, 0.05) is 17.1 Å². The van der Waals surface area contributed by atoms with E-state index in [1.165, 1.54) is 24.3 Å². The number of rotatable bonds is 18. The Morgan fingerprint density at radius 2 is 0.981 bits per heavy atom. The van der Waals surface area contributed by atoms with Gasteiger partial charge in [-0.25, -0.2) is 9.59 Å². The van der Waals surface area contributed by atoms with Crippen molar-refractivity contribution < 1.29 is 80.9 Å². The third-order valence-electron chi connectivity index (χ3n) is 7.37. The lowest BCUT2D eigenvalue weighted by atomic mass is 9.93. The summed E-state index contributed by atoms with van der Waals surface area (Å²) in [6.07, 6.45) is -5.65. The Bertz CT molecular complexity index is 1660. The molecule has 0 saturated carbocycles. The Balaban J connectivity index is 1.53. The molecule has 0 aliphatic rings. The topological polar surface area (TPSA) is 61.8 Å². The highest BCUT2D eigenvalue weighted by Gasteiger charge is 2.90. The Hall–Kier alpha value is -4.16. The molecule has 53 heavy (non-hydrogen) atoms. The molecule has 0 N–H and O–H groups in total. The molecule has 19 heteroatoms. The van der Waals surface area contributed by atoms with Gasteiger partial charge in [0.2, 0.25) is 0 Å². The van der Waals surface area contributed by atoms with Crippen molar-refractivity contribution in [1.29, 1.82) is 0 Å². The normalized spacial score (nSPS) is 13.1. The van der Waals surface area contributed by atoms with Crippen LogP contribution in [0.25, 0.3) is 0 Å². The molecule has 5 nitrogen and oxygen atoms in total. The average molecular weight is 797 g/mol. The van der Waals surface area contributed by atoms with Crippen LogP contribution in [0.1, 0.15) is 59.7 Å². The van der Waals surface area contributed by atoms with Gasteiger partial charge in [-0.15, -0.1) is 11.8 Å². The van der Waals surface area contributed by atoms with E-state index in [2.05, 4.69) is 6.92 Å². The zero-order chi connectivity index (χ0) is 39.9. The molecule has 0 unspecified atom stereocenters. The minimum absolute atomic E-state index is 0.0241. The first-order valence-corrected chi connectivity index (χ1v) is 16.4. The maximum Gasteiger partial charge on any atom is 0.460 e. The highest BCUT2D eigenvalue weighted by molar-refractivity contribution is 7.99. The van der Waals surface area contributed by atoms with Crippen molar-refractivity contribution in [2.45, 2.75) is 79.7 Å². The lowest BCUT2D eigenvalue weighted by molar-refractivity contribution is -0.439. The summed E-state index contributed by atoms with van der Waals surface area (Å²) < 4.78 is 189. The minimum Gasteiger partial charge on any atom is -0.494 e. The monoisotopic (exact) mass is 796 g/mol. The molecular weight excluding hydrogens is 767 g/mol. The first kappa shape index (κ1) is 43.2. The van der Waals surface area contributed by atoms with Crippen LogP contribution in [0.4, 0.5) is 57.1 Å². The lowest BCUT2D eigenvalue weighted by Gasteiger charge is -2.39. The summed E-state index contributed by atoms with van der Waals surface area (Å²) in [5, 5.41) is 0. The van der Waals surface area contributed by atoms with Crippen molar-refractivity contribution in [3.63, 3.8) is 0 Å². The molecule has 3 aromatic carbocycles. The number of benzene rings is 3. The summed E-state index contributed by atoms with van der Waals surface area (Å²) in [4.78, 5) is 25.0. The Labute approximate surface area is 297 Å². The number of alkyl halides is 13. The molecule has 0 fully saturated rings. The molecular formula is C34H29F13O5S. The number of carbonyl (C=O) groups is 2. The van der Waals surface area contributed by atoms with E-state index in [0.29, 0.717) is 12.4 Å². The molecule has 292 valence electrons.